The van der Waals surface area contributed by atoms with Gasteiger partial charge in [-0.05, 0) is 64.2 Å². The summed E-state index contributed by atoms with van der Waals surface area (Å²) in [6, 6.07) is -0.754. The van der Waals surface area contributed by atoms with Crippen molar-refractivity contribution in [3.05, 3.63) is 122 Å². The number of ether oxygens (including phenoxy) is 1. The standard InChI is InChI=1S/C57H93NO5/c1-4-7-10-13-16-19-22-24-26-27-28-29-30-32-35-38-41-44-47-50-57(62)63-53(48-45-42-39-36-33-21-18-15-12-9-6-3)51-56(61)58-54(52-59)55(60)49-46-43-40-37-34-31-25-23-20-17-14-11-8-5-2/h7,9-10,12,15-16,18-19,21,24,26,28-29,32-33,35-36,39,42,45,53-55,59-60H,4-6,8,11,13-14,17,20,22-23,25,27,30-31,34,37-38,40-41,43-44,46-52H2,1-3H3,(H,58,61)/b10-7-,12-9+,18-15+,19-16-,26-24-,29-28-,33-21-,35-32-,39-36-,45-42+. The van der Waals surface area contributed by atoms with Gasteiger partial charge in [-0.15, -0.1) is 0 Å². The molecule has 0 spiro atoms. The number of allylic oxidation sites excluding steroid dienone is 19. The van der Waals surface area contributed by atoms with Crippen LogP contribution in [0.2, 0.25) is 0 Å². The number of rotatable bonds is 43. The van der Waals surface area contributed by atoms with Crippen molar-refractivity contribution in [2.45, 2.75) is 219 Å². The third-order valence-corrected chi connectivity index (χ3v) is 10.7. The van der Waals surface area contributed by atoms with E-state index >= 15 is 0 Å². The average Bonchev–Trinajstić information content (AvgIpc) is 3.28. The molecule has 0 aliphatic carbocycles. The summed E-state index contributed by atoms with van der Waals surface area (Å²) in [6.07, 6.45) is 68.5. The Morgan fingerprint density at radius 3 is 1.46 bits per heavy atom. The van der Waals surface area contributed by atoms with E-state index in [4.69, 9.17) is 4.74 Å². The van der Waals surface area contributed by atoms with Crippen molar-refractivity contribution in [2.24, 2.45) is 0 Å². The second-order valence-corrected chi connectivity index (χ2v) is 16.6. The Bertz CT molecular complexity index is 1350. The van der Waals surface area contributed by atoms with E-state index in [1.54, 1.807) is 0 Å². The Labute approximate surface area is 387 Å². The van der Waals surface area contributed by atoms with Gasteiger partial charge >= 0.3 is 5.97 Å². The van der Waals surface area contributed by atoms with Crippen LogP contribution in [0.5, 0.6) is 0 Å². The van der Waals surface area contributed by atoms with Crippen molar-refractivity contribution in [1.82, 2.24) is 5.32 Å². The summed E-state index contributed by atoms with van der Waals surface area (Å²) in [5.74, 6) is -0.658. The Morgan fingerprint density at radius 2 is 0.952 bits per heavy atom. The molecule has 0 heterocycles. The van der Waals surface area contributed by atoms with Crippen LogP contribution in [0, 0.1) is 0 Å². The van der Waals surface area contributed by atoms with E-state index in [0.29, 0.717) is 19.3 Å². The number of carbonyl (C=O) groups is 2. The summed E-state index contributed by atoms with van der Waals surface area (Å²) >= 11 is 0. The Hall–Kier alpha value is -3.74. The molecule has 0 saturated heterocycles. The first-order valence-electron chi connectivity index (χ1n) is 25.3. The monoisotopic (exact) mass is 872 g/mol. The molecule has 6 nitrogen and oxygen atoms in total. The third-order valence-electron chi connectivity index (χ3n) is 10.7. The topological polar surface area (TPSA) is 95.9 Å². The molecular weight excluding hydrogens is 779 g/mol. The molecule has 0 fully saturated rings. The van der Waals surface area contributed by atoms with Gasteiger partial charge in [-0.3, -0.25) is 9.59 Å². The molecule has 0 aromatic carbocycles. The lowest BCUT2D eigenvalue weighted by Crippen LogP contribution is -2.46. The van der Waals surface area contributed by atoms with Crippen LogP contribution in [-0.4, -0.2) is 46.9 Å². The number of aliphatic hydroxyl groups excluding tert-OH is 2. The molecule has 0 saturated carbocycles. The summed E-state index contributed by atoms with van der Waals surface area (Å²) in [5, 5.41) is 23.7. The van der Waals surface area contributed by atoms with E-state index in [2.05, 4.69) is 92.9 Å². The first-order chi connectivity index (χ1) is 31.0. The highest BCUT2D eigenvalue weighted by atomic mass is 16.5. The number of carbonyl (C=O) groups excluding carboxylic acids is 2. The minimum atomic E-state index is -0.831. The number of hydrogen-bond donors (Lipinski definition) is 3. The predicted octanol–water partition coefficient (Wildman–Crippen LogP) is 15.3. The molecule has 0 aromatic heterocycles. The molecular formula is C57H93NO5. The van der Waals surface area contributed by atoms with E-state index in [0.717, 1.165) is 83.5 Å². The summed E-state index contributed by atoms with van der Waals surface area (Å²) in [5.41, 5.74) is 0. The van der Waals surface area contributed by atoms with Crippen molar-refractivity contribution in [3.8, 4) is 0 Å². The maximum Gasteiger partial charge on any atom is 0.306 e. The maximum atomic E-state index is 13.2. The number of esters is 1. The molecule has 63 heavy (non-hydrogen) atoms. The van der Waals surface area contributed by atoms with Crippen molar-refractivity contribution in [3.63, 3.8) is 0 Å². The van der Waals surface area contributed by atoms with Gasteiger partial charge in [0.15, 0.2) is 0 Å². The van der Waals surface area contributed by atoms with Crippen LogP contribution < -0.4 is 5.32 Å². The molecule has 0 rings (SSSR count). The molecule has 0 radical (unpaired) electrons. The number of nitrogens with one attached hydrogen (secondary N) is 1. The Kier molecular flexibility index (Phi) is 46.4. The Morgan fingerprint density at radius 1 is 0.508 bits per heavy atom. The number of amides is 1. The molecule has 356 valence electrons. The van der Waals surface area contributed by atoms with Crippen LogP contribution in [0.3, 0.4) is 0 Å². The maximum absolute atomic E-state index is 13.2. The van der Waals surface area contributed by atoms with Crippen LogP contribution in [0.25, 0.3) is 0 Å². The SMILES string of the molecule is CC/C=C\C/C=C\C/C=C\C/C=C\C/C=C\CCCCCC(=O)OC(C/C=C/C=C\C=C/C=C/C=C/CC)CC(=O)NC(CO)C(O)CCCCCCCCCCCCCCCC. The minimum absolute atomic E-state index is 0.0398. The second-order valence-electron chi connectivity index (χ2n) is 16.6. The number of aliphatic hydroxyl groups is 2. The smallest absolute Gasteiger partial charge is 0.306 e. The lowest BCUT2D eigenvalue weighted by atomic mass is 10.0. The fourth-order valence-corrected chi connectivity index (χ4v) is 6.89. The van der Waals surface area contributed by atoms with E-state index < -0.39 is 18.2 Å². The number of unbranched alkanes of at least 4 members (excludes halogenated alkanes) is 16. The summed E-state index contributed by atoms with van der Waals surface area (Å²) < 4.78 is 5.82. The van der Waals surface area contributed by atoms with Gasteiger partial charge in [-0.1, -0.05) is 239 Å². The zero-order valence-corrected chi connectivity index (χ0v) is 40.4. The van der Waals surface area contributed by atoms with Gasteiger partial charge in [0, 0.05) is 12.8 Å². The summed E-state index contributed by atoms with van der Waals surface area (Å²) in [4.78, 5) is 26.0. The normalized spacial score (nSPS) is 14.3. The van der Waals surface area contributed by atoms with Gasteiger partial charge in [-0.25, -0.2) is 0 Å². The van der Waals surface area contributed by atoms with E-state index in [1.807, 2.05) is 54.7 Å². The first kappa shape index (κ1) is 59.3. The molecule has 3 N–H and O–H groups in total. The quantitative estimate of drug-likeness (QED) is 0.0245. The van der Waals surface area contributed by atoms with Gasteiger partial charge in [0.2, 0.25) is 5.91 Å². The highest BCUT2D eigenvalue weighted by Gasteiger charge is 2.23. The zero-order chi connectivity index (χ0) is 45.9. The fourth-order valence-electron chi connectivity index (χ4n) is 6.89. The highest BCUT2D eigenvalue weighted by molar-refractivity contribution is 5.77. The minimum Gasteiger partial charge on any atom is -0.461 e. The summed E-state index contributed by atoms with van der Waals surface area (Å²) in [6.45, 7) is 6.16. The van der Waals surface area contributed by atoms with E-state index in [9.17, 15) is 19.8 Å². The molecule has 0 aliphatic rings. The van der Waals surface area contributed by atoms with Crippen LogP contribution >= 0.6 is 0 Å². The molecule has 0 bridgehead atoms. The lowest BCUT2D eigenvalue weighted by molar-refractivity contribution is -0.150. The van der Waals surface area contributed by atoms with Gasteiger partial charge in [0.1, 0.15) is 6.10 Å². The molecule has 3 atom stereocenters. The van der Waals surface area contributed by atoms with Crippen molar-refractivity contribution >= 4 is 11.9 Å². The summed E-state index contributed by atoms with van der Waals surface area (Å²) in [7, 11) is 0. The predicted molar refractivity (Wildman–Crippen MR) is 273 cm³/mol. The average molecular weight is 872 g/mol. The first-order valence-corrected chi connectivity index (χ1v) is 25.3. The fraction of sp³-hybridized carbons (Fsp3) is 0.614. The third kappa shape index (κ3) is 44.7. The zero-order valence-electron chi connectivity index (χ0n) is 40.4. The second kappa shape index (κ2) is 49.3. The van der Waals surface area contributed by atoms with Crippen LogP contribution in [0.15, 0.2) is 122 Å². The largest absolute Gasteiger partial charge is 0.461 e. The molecule has 0 aromatic rings. The van der Waals surface area contributed by atoms with Gasteiger partial charge in [0.25, 0.3) is 0 Å². The van der Waals surface area contributed by atoms with E-state index in [1.165, 1.54) is 70.6 Å². The molecule has 3 unspecified atom stereocenters. The molecule has 0 aliphatic heterocycles. The van der Waals surface area contributed by atoms with Crippen molar-refractivity contribution in [2.75, 3.05) is 6.61 Å². The van der Waals surface area contributed by atoms with Crippen LogP contribution in [-0.2, 0) is 14.3 Å². The Balaban J connectivity index is 4.71. The van der Waals surface area contributed by atoms with Crippen molar-refractivity contribution < 1.29 is 24.5 Å². The lowest BCUT2D eigenvalue weighted by Gasteiger charge is -2.24. The molecule has 1 amide bonds. The van der Waals surface area contributed by atoms with Gasteiger partial charge in [0.05, 0.1) is 25.2 Å². The number of hydrogen-bond acceptors (Lipinski definition) is 5. The van der Waals surface area contributed by atoms with Crippen molar-refractivity contribution in [1.29, 1.82) is 0 Å². The van der Waals surface area contributed by atoms with Crippen LogP contribution in [0.4, 0.5) is 0 Å². The molecule has 6 heteroatoms. The van der Waals surface area contributed by atoms with Gasteiger partial charge < -0.3 is 20.3 Å². The van der Waals surface area contributed by atoms with Crippen LogP contribution in [0.1, 0.15) is 201 Å². The van der Waals surface area contributed by atoms with E-state index in [-0.39, 0.29) is 24.9 Å². The highest BCUT2D eigenvalue weighted by Crippen LogP contribution is 2.16. The van der Waals surface area contributed by atoms with Gasteiger partial charge in [-0.2, -0.15) is 0 Å².